The summed E-state index contributed by atoms with van der Waals surface area (Å²) in [5.41, 5.74) is 0.920. The van der Waals surface area contributed by atoms with E-state index in [1.165, 1.54) is 0 Å². The van der Waals surface area contributed by atoms with Crippen molar-refractivity contribution in [3.05, 3.63) is 71.8 Å². The number of unbranched alkanes of at least 4 members (excludes halogenated alkanes) is 1. The van der Waals surface area contributed by atoms with Crippen LogP contribution in [-0.4, -0.2) is 49.4 Å². The van der Waals surface area contributed by atoms with Crippen LogP contribution in [0.3, 0.4) is 0 Å². The average Bonchev–Trinajstić information content (AvgIpc) is 2.87. The molecule has 5 atom stereocenters. The minimum Gasteiger partial charge on any atom is -0.459 e. The Kier molecular flexibility index (Phi) is 9.99. The van der Waals surface area contributed by atoms with Gasteiger partial charge in [0.15, 0.2) is 12.4 Å². The molecule has 188 valence electrons. The molecule has 2 aromatic carbocycles. The van der Waals surface area contributed by atoms with Crippen molar-refractivity contribution in [2.45, 2.75) is 58.5 Å². The summed E-state index contributed by atoms with van der Waals surface area (Å²) < 4.78 is 23.6. The van der Waals surface area contributed by atoms with Crippen LogP contribution in [0, 0.1) is 11.8 Å². The SMILES string of the molecule is CC(=O)CCCCO[C@@H]1OC(COC(=O)c2ccccc2)[C@H](C)[C@H](C)C1OC(=O)c1ccccc1. The average molecular weight is 483 g/mol. The quantitative estimate of drug-likeness (QED) is 0.334. The summed E-state index contributed by atoms with van der Waals surface area (Å²) in [6, 6.07) is 17.6. The fraction of sp³-hybridized carbons (Fsp3) is 0.464. The highest BCUT2D eigenvalue weighted by Crippen LogP contribution is 2.34. The number of esters is 2. The van der Waals surface area contributed by atoms with Gasteiger partial charge in [0.1, 0.15) is 12.4 Å². The van der Waals surface area contributed by atoms with Crippen molar-refractivity contribution in [2.24, 2.45) is 11.8 Å². The highest BCUT2D eigenvalue weighted by Gasteiger charge is 2.45. The number of carbonyl (C=O) groups is 3. The van der Waals surface area contributed by atoms with E-state index in [1.54, 1.807) is 55.5 Å². The van der Waals surface area contributed by atoms with E-state index in [-0.39, 0.29) is 24.2 Å². The van der Waals surface area contributed by atoms with Gasteiger partial charge < -0.3 is 23.7 Å². The monoisotopic (exact) mass is 482 g/mol. The molecule has 0 amide bonds. The Morgan fingerprint density at radius 1 is 0.829 bits per heavy atom. The van der Waals surface area contributed by atoms with E-state index in [0.29, 0.717) is 37.0 Å². The molecule has 1 aliphatic heterocycles. The smallest absolute Gasteiger partial charge is 0.338 e. The third-order valence-corrected chi connectivity index (χ3v) is 6.36. The van der Waals surface area contributed by atoms with Gasteiger partial charge in [0.2, 0.25) is 0 Å². The Bertz CT molecular complexity index is 958. The van der Waals surface area contributed by atoms with Crippen LogP contribution in [0.1, 0.15) is 60.7 Å². The van der Waals surface area contributed by atoms with Gasteiger partial charge in [0.05, 0.1) is 17.2 Å². The summed E-state index contributed by atoms with van der Waals surface area (Å²) in [5.74, 6) is -0.911. The molecule has 1 saturated heterocycles. The van der Waals surface area contributed by atoms with Crippen molar-refractivity contribution in [1.29, 1.82) is 0 Å². The van der Waals surface area contributed by atoms with Gasteiger partial charge in [-0.3, -0.25) is 0 Å². The van der Waals surface area contributed by atoms with Gasteiger partial charge in [0.25, 0.3) is 0 Å². The van der Waals surface area contributed by atoms with Crippen molar-refractivity contribution in [3.8, 4) is 0 Å². The number of ether oxygens (including phenoxy) is 4. The number of Topliss-reactive ketones (excluding diaryl/α,β-unsaturated/α-hetero) is 1. The third kappa shape index (κ3) is 7.73. The molecule has 0 spiro atoms. The number of ketones is 1. The van der Waals surface area contributed by atoms with Gasteiger partial charge in [-0.25, -0.2) is 9.59 Å². The maximum Gasteiger partial charge on any atom is 0.338 e. The van der Waals surface area contributed by atoms with Crippen LogP contribution >= 0.6 is 0 Å². The summed E-state index contributed by atoms with van der Waals surface area (Å²) >= 11 is 0. The zero-order valence-corrected chi connectivity index (χ0v) is 20.6. The highest BCUT2D eigenvalue weighted by atomic mass is 16.7. The van der Waals surface area contributed by atoms with Crippen molar-refractivity contribution in [2.75, 3.05) is 13.2 Å². The molecule has 0 N–H and O–H groups in total. The van der Waals surface area contributed by atoms with Crippen LogP contribution in [0.15, 0.2) is 60.7 Å². The Morgan fingerprint density at radius 2 is 1.43 bits per heavy atom. The molecule has 0 aromatic heterocycles. The molecule has 7 nitrogen and oxygen atoms in total. The van der Waals surface area contributed by atoms with Crippen LogP contribution < -0.4 is 0 Å². The predicted octanol–water partition coefficient (Wildman–Crippen LogP) is 4.84. The first-order valence-corrected chi connectivity index (χ1v) is 12.1. The van der Waals surface area contributed by atoms with Crippen molar-refractivity contribution < 1.29 is 33.3 Å². The van der Waals surface area contributed by atoms with Crippen LogP contribution in [0.5, 0.6) is 0 Å². The molecule has 35 heavy (non-hydrogen) atoms. The lowest BCUT2D eigenvalue weighted by Crippen LogP contribution is -2.53. The van der Waals surface area contributed by atoms with E-state index in [0.717, 1.165) is 0 Å². The summed E-state index contributed by atoms with van der Waals surface area (Å²) in [6.45, 7) is 5.94. The topological polar surface area (TPSA) is 88.1 Å². The second kappa shape index (κ2) is 13.2. The number of hydrogen-bond donors (Lipinski definition) is 0. The third-order valence-electron chi connectivity index (χ3n) is 6.36. The number of hydrogen-bond acceptors (Lipinski definition) is 7. The van der Waals surface area contributed by atoms with Gasteiger partial charge in [-0.1, -0.05) is 50.2 Å². The summed E-state index contributed by atoms with van der Waals surface area (Å²) in [7, 11) is 0. The van der Waals surface area contributed by atoms with Crippen molar-refractivity contribution in [3.63, 3.8) is 0 Å². The fourth-order valence-electron chi connectivity index (χ4n) is 4.00. The first-order valence-electron chi connectivity index (χ1n) is 12.1. The van der Waals surface area contributed by atoms with E-state index in [9.17, 15) is 14.4 Å². The molecule has 1 aliphatic rings. The lowest BCUT2D eigenvalue weighted by molar-refractivity contribution is -0.274. The molecule has 2 unspecified atom stereocenters. The van der Waals surface area contributed by atoms with E-state index < -0.39 is 30.4 Å². The second-order valence-electron chi connectivity index (χ2n) is 8.99. The van der Waals surface area contributed by atoms with Crippen LogP contribution in [-0.2, 0) is 23.7 Å². The zero-order valence-electron chi connectivity index (χ0n) is 20.6. The van der Waals surface area contributed by atoms with Gasteiger partial charge in [0, 0.05) is 18.9 Å². The number of rotatable bonds is 11. The van der Waals surface area contributed by atoms with E-state index >= 15 is 0 Å². The van der Waals surface area contributed by atoms with Crippen molar-refractivity contribution in [1.82, 2.24) is 0 Å². The minimum absolute atomic E-state index is 0.0583. The molecule has 7 heteroatoms. The highest BCUT2D eigenvalue weighted by molar-refractivity contribution is 5.89. The predicted molar refractivity (Wildman–Crippen MR) is 130 cm³/mol. The van der Waals surface area contributed by atoms with Crippen molar-refractivity contribution >= 4 is 17.7 Å². The molecule has 1 heterocycles. The summed E-state index contributed by atoms with van der Waals surface area (Å²) in [4.78, 5) is 36.4. The zero-order chi connectivity index (χ0) is 25.2. The molecule has 1 fully saturated rings. The van der Waals surface area contributed by atoms with Gasteiger partial charge >= 0.3 is 11.9 Å². The Labute approximate surface area is 206 Å². The molecule has 0 bridgehead atoms. The second-order valence-corrected chi connectivity index (χ2v) is 8.99. The normalized spacial score (nSPS) is 23.9. The van der Waals surface area contributed by atoms with Crippen LogP contribution in [0.2, 0.25) is 0 Å². The first-order chi connectivity index (χ1) is 16.9. The summed E-state index contributed by atoms with van der Waals surface area (Å²) in [5, 5.41) is 0. The molecular formula is C28H34O7. The molecule has 0 aliphatic carbocycles. The van der Waals surface area contributed by atoms with E-state index in [2.05, 4.69) is 0 Å². The number of benzene rings is 2. The molecule has 2 aromatic rings. The largest absolute Gasteiger partial charge is 0.459 e. The lowest BCUT2D eigenvalue weighted by Gasteiger charge is -2.43. The Hall–Kier alpha value is -3.03. The van der Waals surface area contributed by atoms with Gasteiger partial charge in [-0.2, -0.15) is 0 Å². The maximum absolute atomic E-state index is 12.8. The summed E-state index contributed by atoms with van der Waals surface area (Å²) in [6.07, 6.45) is 0.00817. The van der Waals surface area contributed by atoms with Gasteiger partial charge in [-0.05, 0) is 49.9 Å². The fourth-order valence-corrected chi connectivity index (χ4v) is 4.00. The minimum atomic E-state index is -0.813. The van der Waals surface area contributed by atoms with E-state index in [4.69, 9.17) is 18.9 Å². The van der Waals surface area contributed by atoms with Crippen LogP contribution in [0.25, 0.3) is 0 Å². The first kappa shape index (κ1) is 26.6. The standard InChI is InChI=1S/C28H34O7/c1-19(29)12-10-11-17-32-28-25(35-27(31)23-15-8-5-9-16-23)21(3)20(2)24(34-28)18-33-26(30)22-13-6-4-7-14-22/h4-9,13-16,20-21,24-25,28H,10-12,17-18H2,1-3H3/t20-,21+,24?,25?,28-/m1/s1. The Balaban J connectivity index is 1.66. The van der Waals surface area contributed by atoms with Gasteiger partial charge in [-0.15, -0.1) is 0 Å². The number of carbonyl (C=O) groups excluding carboxylic acids is 3. The lowest BCUT2D eigenvalue weighted by atomic mass is 9.83. The molecule has 0 saturated carbocycles. The molecule has 3 rings (SSSR count). The maximum atomic E-state index is 12.8. The van der Waals surface area contributed by atoms with Crippen LogP contribution in [0.4, 0.5) is 0 Å². The Morgan fingerprint density at radius 3 is 2.03 bits per heavy atom. The molecular weight excluding hydrogens is 448 g/mol. The molecule has 0 radical (unpaired) electrons. The van der Waals surface area contributed by atoms with E-state index in [1.807, 2.05) is 26.0 Å².